The van der Waals surface area contributed by atoms with Gasteiger partial charge in [0.2, 0.25) is 0 Å². The van der Waals surface area contributed by atoms with Crippen molar-refractivity contribution in [2.45, 2.75) is 23.3 Å². The molecule has 0 saturated carbocycles. The average molecular weight is 279 g/mol. The van der Waals surface area contributed by atoms with Gasteiger partial charge in [-0.15, -0.1) is 0 Å². The van der Waals surface area contributed by atoms with Gasteiger partial charge in [-0.1, -0.05) is 30.8 Å². The first-order chi connectivity index (χ1) is 9.20. The second-order valence-electron chi connectivity index (χ2n) is 4.06. The Morgan fingerprint density at radius 1 is 1.11 bits per heavy atom. The minimum absolute atomic E-state index is 0.234. The minimum Gasteiger partial charge on any atom is -0.313 e. The Hall–Kier alpha value is -1.39. The highest BCUT2D eigenvalue weighted by molar-refractivity contribution is 7.99. The third-order valence-corrected chi connectivity index (χ3v) is 3.74. The van der Waals surface area contributed by atoms with Crippen molar-refractivity contribution in [3.05, 3.63) is 59.7 Å². The van der Waals surface area contributed by atoms with Gasteiger partial charge in [0.15, 0.2) is 0 Å². The van der Waals surface area contributed by atoms with Crippen LogP contribution in [0.2, 0.25) is 0 Å². The molecule has 0 fully saturated rings. The maximum Gasteiger partial charge on any atom is 0.128 e. The van der Waals surface area contributed by atoms with E-state index < -0.39 is 0 Å². The quantitative estimate of drug-likeness (QED) is 0.879. The predicted molar refractivity (Wildman–Crippen MR) is 74.3 cm³/mol. The summed E-state index contributed by atoms with van der Waals surface area (Å²) in [6.07, 6.45) is 0. The molecule has 1 nitrogen and oxygen atoms in total. The van der Waals surface area contributed by atoms with Crippen LogP contribution in [0.3, 0.4) is 0 Å². The third kappa shape index (κ3) is 3.78. The molecule has 0 radical (unpaired) electrons. The maximum absolute atomic E-state index is 13.8. The monoisotopic (exact) mass is 279 g/mol. The van der Waals surface area contributed by atoms with Crippen molar-refractivity contribution in [3.63, 3.8) is 0 Å². The van der Waals surface area contributed by atoms with Crippen molar-refractivity contribution in [3.8, 4) is 0 Å². The van der Waals surface area contributed by atoms with Crippen LogP contribution in [0.25, 0.3) is 0 Å². The molecule has 2 aromatic rings. The summed E-state index contributed by atoms with van der Waals surface area (Å²) in [4.78, 5) is 1.58. The van der Waals surface area contributed by atoms with Gasteiger partial charge in [-0.3, -0.25) is 0 Å². The van der Waals surface area contributed by atoms with Gasteiger partial charge in [0.1, 0.15) is 11.6 Å². The van der Waals surface area contributed by atoms with Crippen molar-refractivity contribution < 1.29 is 8.78 Å². The Bertz CT molecular complexity index is 558. The van der Waals surface area contributed by atoms with Crippen LogP contribution < -0.4 is 5.32 Å². The third-order valence-electron chi connectivity index (χ3n) is 2.65. The summed E-state index contributed by atoms with van der Waals surface area (Å²) in [7, 11) is 0. The summed E-state index contributed by atoms with van der Waals surface area (Å²) in [6.45, 7) is 3.22. The molecule has 0 aliphatic rings. The highest BCUT2D eigenvalue weighted by atomic mass is 32.2. The van der Waals surface area contributed by atoms with E-state index in [0.29, 0.717) is 12.1 Å². The molecule has 0 aromatic heterocycles. The largest absolute Gasteiger partial charge is 0.313 e. The fourth-order valence-corrected chi connectivity index (χ4v) is 2.73. The van der Waals surface area contributed by atoms with Gasteiger partial charge in [-0.05, 0) is 36.9 Å². The fraction of sp³-hybridized carbons (Fsp3) is 0.200. The average Bonchev–Trinajstić information content (AvgIpc) is 2.38. The molecule has 0 aliphatic carbocycles. The lowest BCUT2D eigenvalue weighted by Gasteiger charge is -2.10. The fourth-order valence-electron chi connectivity index (χ4n) is 1.71. The molecule has 0 saturated heterocycles. The zero-order chi connectivity index (χ0) is 13.7. The number of hydrogen-bond acceptors (Lipinski definition) is 2. The van der Waals surface area contributed by atoms with Crippen LogP contribution in [-0.4, -0.2) is 6.54 Å². The van der Waals surface area contributed by atoms with E-state index in [1.165, 1.54) is 30.0 Å². The minimum atomic E-state index is -0.283. The van der Waals surface area contributed by atoms with Crippen LogP contribution in [0, 0.1) is 11.6 Å². The molecule has 0 bridgehead atoms. The number of rotatable bonds is 5. The maximum atomic E-state index is 13.8. The van der Waals surface area contributed by atoms with Crippen molar-refractivity contribution in [1.82, 2.24) is 5.32 Å². The molecule has 2 aromatic carbocycles. The zero-order valence-corrected chi connectivity index (χ0v) is 11.4. The molecule has 0 atom stereocenters. The first kappa shape index (κ1) is 14.0. The summed E-state index contributed by atoms with van der Waals surface area (Å²) in [5.41, 5.74) is 0.624. The van der Waals surface area contributed by atoms with E-state index in [4.69, 9.17) is 0 Å². The van der Waals surface area contributed by atoms with Crippen LogP contribution in [0.15, 0.2) is 52.3 Å². The van der Waals surface area contributed by atoms with E-state index in [9.17, 15) is 8.78 Å². The molecular weight excluding hydrogens is 264 g/mol. The first-order valence-corrected chi connectivity index (χ1v) is 6.94. The summed E-state index contributed by atoms with van der Waals surface area (Å²) in [6, 6.07) is 11.3. The Kier molecular flexibility index (Phi) is 4.93. The molecule has 100 valence electrons. The van der Waals surface area contributed by atoms with Gasteiger partial charge in [-0.2, -0.15) is 0 Å². The number of hydrogen-bond donors (Lipinski definition) is 1. The van der Waals surface area contributed by atoms with E-state index >= 15 is 0 Å². The van der Waals surface area contributed by atoms with E-state index in [0.717, 1.165) is 16.3 Å². The van der Waals surface area contributed by atoms with Crippen molar-refractivity contribution in [2.75, 3.05) is 6.54 Å². The van der Waals surface area contributed by atoms with Crippen LogP contribution >= 0.6 is 11.8 Å². The second-order valence-corrected chi connectivity index (χ2v) is 5.17. The summed E-state index contributed by atoms with van der Waals surface area (Å²) < 4.78 is 27.0. The molecule has 4 heteroatoms. The molecule has 0 unspecified atom stereocenters. The van der Waals surface area contributed by atoms with Crippen LogP contribution in [0.1, 0.15) is 12.5 Å². The summed E-state index contributed by atoms with van der Waals surface area (Å²) >= 11 is 1.37. The summed E-state index contributed by atoms with van der Waals surface area (Å²) in [5, 5.41) is 3.12. The standard InChI is InChI=1S/C15H15F2NS/c1-2-18-10-13-14(17)7-4-8-15(13)19-12-6-3-5-11(16)9-12/h3-9,18H,2,10H2,1H3. The van der Waals surface area contributed by atoms with E-state index in [1.54, 1.807) is 12.1 Å². The van der Waals surface area contributed by atoms with Crippen LogP contribution in [0.5, 0.6) is 0 Å². The predicted octanol–water partition coefficient (Wildman–Crippen LogP) is 4.23. The lowest BCUT2D eigenvalue weighted by atomic mass is 10.2. The van der Waals surface area contributed by atoms with E-state index in [1.807, 2.05) is 19.1 Å². The van der Waals surface area contributed by atoms with Gasteiger partial charge in [0.25, 0.3) is 0 Å². The van der Waals surface area contributed by atoms with E-state index in [2.05, 4.69) is 5.32 Å². The van der Waals surface area contributed by atoms with Gasteiger partial charge >= 0.3 is 0 Å². The molecular formula is C15H15F2NS. The van der Waals surface area contributed by atoms with Crippen molar-refractivity contribution in [1.29, 1.82) is 0 Å². The molecule has 19 heavy (non-hydrogen) atoms. The first-order valence-electron chi connectivity index (χ1n) is 6.12. The van der Waals surface area contributed by atoms with Crippen LogP contribution in [0.4, 0.5) is 8.78 Å². The molecule has 0 spiro atoms. The second kappa shape index (κ2) is 6.68. The lowest BCUT2D eigenvalue weighted by molar-refractivity contribution is 0.585. The van der Waals surface area contributed by atoms with Crippen molar-refractivity contribution in [2.24, 2.45) is 0 Å². The van der Waals surface area contributed by atoms with Gasteiger partial charge in [0.05, 0.1) is 0 Å². The Morgan fingerprint density at radius 3 is 2.63 bits per heavy atom. The molecule has 0 aliphatic heterocycles. The number of nitrogens with one attached hydrogen (secondary N) is 1. The topological polar surface area (TPSA) is 12.0 Å². The lowest BCUT2D eigenvalue weighted by Crippen LogP contribution is -2.13. The highest BCUT2D eigenvalue weighted by Crippen LogP contribution is 2.31. The zero-order valence-electron chi connectivity index (χ0n) is 10.6. The smallest absolute Gasteiger partial charge is 0.128 e. The molecule has 0 amide bonds. The van der Waals surface area contributed by atoms with Gasteiger partial charge in [-0.25, -0.2) is 8.78 Å². The van der Waals surface area contributed by atoms with Gasteiger partial charge < -0.3 is 5.32 Å². The summed E-state index contributed by atoms with van der Waals surface area (Å²) in [5.74, 6) is -0.517. The number of halogens is 2. The normalized spacial score (nSPS) is 10.7. The van der Waals surface area contributed by atoms with Gasteiger partial charge in [0, 0.05) is 21.9 Å². The Labute approximate surface area is 116 Å². The Balaban J connectivity index is 2.26. The molecule has 0 heterocycles. The molecule has 2 rings (SSSR count). The van der Waals surface area contributed by atoms with Crippen LogP contribution in [-0.2, 0) is 6.54 Å². The Morgan fingerprint density at radius 2 is 1.89 bits per heavy atom. The van der Waals surface area contributed by atoms with E-state index in [-0.39, 0.29) is 11.6 Å². The number of benzene rings is 2. The molecule has 1 N–H and O–H groups in total. The highest BCUT2D eigenvalue weighted by Gasteiger charge is 2.09. The van der Waals surface area contributed by atoms with Crippen molar-refractivity contribution >= 4 is 11.8 Å². The SMILES string of the molecule is CCNCc1c(F)cccc1Sc1cccc(F)c1.